The van der Waals surface area contributed by atoms with E-state index in [-0.39, 0.29) is 6.61 Å². The molecule has 0 aromatic heterocycles. The van der Waals surface area contributed by atoms with Crippen LogP contribution in [-0.2, 0) is 14.3 Å². The van der Waals surface area contributed by atoms with Crippen LogP contribution in [0.25, 0.3) is 0 Å². The number of hydrogen-bond acceptors (Lipinski definition) is 6. The summed E-state index contributed by atoms with van der Waals surface area (Å²) < 4.78 is 14.7. The van der Waals surface area contributed by atoms with Gasteiger partial charge in [-0.15, -0.1) is 0 Å². The van der Waals surface area contributed by atoms with Gasteiger partial charge < -0.3 is 19.9 Å². The van der Waals surface area contributed by atoms with E-state index in [1.165, 1.54) is 20.3 Å². The van der Waals surface area contributed by atoms with Crippen molar-refractivity contribution in [3.05, 3.63) is 23.8 Å². The highest BCUT2D eigenvalue weighted by atomic mass is 16.5. The van der Waals surface area contributed by atoms with Crippen molar-refractivity contribution in [2.24, 2.45) is 5.41 Å². The summed E-state index contributed by atoms with van der Waals surface area (Å²) >= 11 is 0. The normalized spacial score (nSPS) is 10.8. The molecule has 110 valence electrons. The molecule has 0 aliphatic heterocycles. The number of hydrogen-bond donors (Lipinski definition) is 1. The van der Waals surface area contributed by atoms with Gasteiger partial charge in [0, 0.05) is 0 Å². The Hall–Kier alpha value is -2.24. The molecule has 0 aliphatic rings. The lowest BCUT2D eigenvalue weighted by atomic mass is 9.95. The van der Waals surface area contributed by atoms with Gasteiger partial charge in [-0.1, -0.05) is 0 Å². The highest BCUT2D eigenvalue weighted by Crippen LogP contribution is 2.23. The Labute approximate surface area is 117 Å². The first-order valence-electron chi connectivity index (χ1n) is 6.01. The molecule has 0 aliphatic carbocycles. The van der Waals surface area contributed by atoms with Crippen molar-refractivity contribution in [2.75, 3.05) is 26.6 Å². The molecule has 1 aromatic carbocycles. The van der Waals surface area contributed by atoms with Crippen LogP contribution < -0.4 is 10.5 Å². The predicted molar refractivity (Wildman–Crippen MR) is 73.5 cm³/mol. The fourth-order valence-corrected chi connectivity index (χ4v) is 1.53. The molecule has 0 heterocycles. The van der Waals surface area contributed by atoms with E-state index < -0.39 is 17.4 Å². The Morgan fingerprint density at radius 1 is 1.25 bits per heavy atom. The Kier molecular flexibility index (Phi) is 4.96. The van der Waals surface area contributed by atoms with Gasteiger partial charge in [-0.05, 0) is 32.0 Å². The zero-order valence-corrected chi connectivity index (χ0v) is 12.1. The van der Waals surface area contributed by atoms with E-state index in [1.807, 2.05) is 0 Å². The van der Waals surface area contributed by atoms with Crippen LogP contribution in [0.15, 0.2) is 18.2 Å². The molecule has 6 nitrogen and oxygen atoms in total. The molecule has 0 atom stereocenters. The number of ether oxygens (including phenoxy) is 3. The van der Waals surface area contributed by atoms with Crippen LogP contribution in [0.3, 0.4) is 0 Å². The number of nitrogens with two attached hydrogens (primary N) is 1. The molecule has 0 radical (unpaired) electrons. The molecule has 1 rings (SSSR count). The largest absolute Gasteiger partial charge is 0.495 e. The van der Waals surface area contributed by atoms with Crippen LogP contribution in [-0.4, -0.2) is 32.8 Å². The first kappa shape index (κ1) is 15.8. The van der Waals surface area contributed by atoms with Crippen molar-refractivity contribution < 1.29 is 23.8 Å². The average Bonchev–Trinajstić information content (AvgIpc) is 2.43. The van der Waals surface area contributed by atoms with Crippen LogP contribution >= 0.6 is 0 Å². The van der Waals surface area contributed by atoms with E-state index in [0.29, 0.717) is 17.0 Å². The quantitative estimate of drug-likeness (QED) is 0.652. The smallest absolute Gasteiger partial charge is 0.338 e. The highest BCUT2D eigenvalue weighted by molar-refractivity contribution is 5.91. The summed E-state index contributed by atoms with van der Waals surface area (Å²) in [6.07, 6.45) is 0. The molecule has 0 bridgehead atoms. The van der Waals surface area contributed by atoms with Gasteiger partial charge in [0.25, 0.3) is 0 Å². The lowest BCUT2D eigenvalue weighted by Crippen LogP contribution is -2.31. The van der Waals surface area contributed by atoms with Gasteiger partial charge in [0.15, 0.2) is 0 Å². The molecule has 2 N–H and O–H groups in total. The van der Waals surface area contributed by atoms with Crippen LogP contribution in [0.2, 0.25) is 0 Å². The SMILES string of the molecule is COC(=O)C(C)(C)COC(=O)c1ccc(OC)c(N)c1. The molecule has 20 heavy (non-hydrogen) atoms. The molecule has 0 saturated carbocycles. The number of methoxy groups -OCH3 is 2. The third kappa shape index (κ3) is 3.63. The monoisotopic (exact) mass is 281 g/mol. The Balaban J connectivity index is 2.73. The molecule has 1 aromatic rings. The van der Waals surface area contributed by atoms with E-state index in [9.17, 15) is 9.59 Å². The summed E-state index contributed by atoms with van der Waals surface area (Å²) in [5.41, 5.74) is 5.45. The average molecular weight is 281 g/mol. The van der Waals surface area contributed by atoms with Crippen LogP contribution in [0.4, 0.5) is 5.69 Å². The van der Waals surface area contributed by atoms with Crippen LogP contribution in [0.5, 0.6) is 5.75 Å². The van der Waals surface area contributed by atoms with E-state index in [4.69, 9.17) is 15.2 Å². The van der Waals surface area contributed by atoms with Gasteiger partial charge in [-0.2, -0.15) is 0 Å². The summed E-state index contributed by atoms with van der Waals surface area (Å²) in [6.45, 7) is 3.19. The second kappa shape index (κ2) is 6.27. The van der Waals surface area contributed by atoms with Crippen molar-refractivity contribution in [1.82, 2.24) is 0 Å². The standard InChI is InChI=1S/C14H19NO5/c1-14(2,13(17)19-4)8-20-12(16)9-5-6-11(18-3)10(15)7-9/h5-7H,8,15H2,1-4H3. The number of anilines is 1. The third-order valence-corrected chi connectivity index (χ3v) is 2.77. The number of carbonyl (C=O) groups excluding carboxylic acids is 2. The maximum absolute atomic E-state index is 11.9. The first-order chi connectivity index (χ1) is 9.31. The third-order valence-electron chi connectivity index (χ3n) is 2.77. The van der Waals surface area contributed by atoms with Crippen molar-refractivity contribution in [1.29, 1.82) is 0 Å². The summed E-state index contributed by atoms with van der Waals surface area (Å²) in [7, 11) is 2.78. The lowest BCUT2D eigenvalue weighted by Gasteiger charge is -2.20. The Bertz CT molecular complexity index is 510. The van der Waals surface area contributed by atoms with Crippen molar-refractivity contribution >= 4 is 17.6 Å². The molecular formula is C14H19NO5. The summed E-state index contributed by atoms with van der Waals surface area (Å²) in [5.74, 6) is -0.521. The number of nitrogen functional groups attached to an aromatic ring is 1. The lowest BCUT2D eigenvalue weighted by molar-refractivity contribution is -0.152. The number of rotatable bonds is 5. The van der Waals surface area contributed by atoms with Gasteiger partial charge in [-0.25, -0.2) is 4.79 Å². The van der Waals surface area contributed by atoms with Crippen LogP contribution in [0, 0.1) is 5.41 Å². The minimum Gasteiger partial charge on any atom is -0.495 e. The zero-order chi connectivity index (χ0) is 15.3. The fraction of sp³-hybridized carbons (Fsp3) is 0.429. The second-order valence-corrected chi connectivity index (χ2v) is 4.91. The summed E-state index contributed by atoms with van der Waals surface area (Å²) in [6, 6.07) is 4.59. The molecule has 6 heteroatoms. The van der Waals surface area contributed by atoms with Gasteiger partial charge in [0.05, 0.1) is 30.9 Å². The zero-order valence-electron chi connectivity index (χ0n) is 12.1. The Morgan fingerprint density at radius 3 is 2.40 bits per heavy atom. The minimum atomic E-state index is -0.900. The number of esters is 2. The van der Waals surface area contributed by atoms with Crippen LogP contribution in [0.1, 0.15) is 24.2 Å². The summed E-state index contributed by atoms with van der Waals surface area (Å²) in [4.78, 5) is 23.4. The molecule has 0 unspecified atom stereocenters. The van der Waals surface area contributed by atoms with E-state index in [1.54, 1.807) is 26.0 Å². The van der Waals surface area contributed by atoms with E-state index in [2.05, 4.69) is 4.74 Å². The molecular weight excluding hydrogens is 262 g/mol. The van der Waals surface area contributed by atoms with Gasteiger partial charge in [0.1, 0.15) is 12.4 Å². The predicted octanol–water partition coefficient (Wildman–Crippen LogP) is 1.63. The van der Waals surface area contributed by atoms with E-state index in [0.717, 1.165) is 0 Å². The minimum absolute atomic E-state index is 0.0789. The maximum atomic E-state index is 11.9. The topological polar surface area (TPSA) is 87.8 Å². The maximum Gasteiger partial charge on any atom is 0.338 e. The molecule has 0 saturated heterocycles. The van der Waals surface area contributed by atoms with Gasteiger partial charge in [-0.3, -0.25) is 4.79 Å². The fourth-order valence-electron chi connectivity index (χ4n) is 1.53. The first-order valence-corrected chi connectivity index (χ1v) is 6.01. The van der Waals surface area contributed by atoms with Crippen molar-refractivity contribution in [3.63, 3.8) is 0 Å². The van der Waals surface area contributed by atoms with Crippen molar-refractivity contribution in [3.8, 4) is 5.75 Å². The van der Waals surface area contributed by atoms with Gasteiger partial charge >= 0.3 is 11.9 Å². The molecule has 0 fully saturated rings. The van der Waals surface area contributed by atoms with Gasteiger partial charge in [0.2, 0.25) is 0 Å². The molecule has 0 amide bonds. The number of benzene rings is 1. The van der Waals surface area contributed by atoms with E-state index >= 15 is 0 Å². The second-order valence-electron chi connectivity index (χ2n) is 4.91. The Morgan fingerprint density at radius 2 is 1.90 bits per heavy atom. The highest BCUT2D eigenvalue weighted by Gasteiger charge is 2.30. The van der Waals surface area contributed by atoms with Crippen molar-refractivity contribution in [2.45, 2.75) is 13.8 Å². The molecule has 0 spiro atoms. The summed E-state index contributed by atoms with van der Waals surface area (Å²) in [5, 5.41) is 0. The number of carbonyl (C=O) groups is 2.